The molecule has 0 saturated carbocycles. The molecule has 170 valence electrons. The van der Waals surface area contributed by atoms with Gasteiger partial charge in [0, 0.05) is 55.2 Å². The maximum Gasteiger partial charge on any atom is 0.166 e. The Balaban J connectivity index is 1.14. The van der Waals surface area contributed by atoms with Crippen LogP contribution >= 0.6 is 0 Å². The largest absolute Gasteiger partial charge is 0.495 e. The van der Waals surface area contributed by atoms with Crippen LogP contribution in [0.5, 0.6) is 17.2 Å². The van der Waals surface area contributed by atoms with Crippen LogP contribution in [-0.2, 0) is 12.8 Å². The summed E-state index contributed by atoms with van der Waals surface area (Å²) in [4.78, 5) is 18.0. The monoisotopic (exact) mass is 436 g/mol. The van der Waals surface area contributed by atoms with Gasteiger partial charge in [-0.15, -0.1) is 0 Å². The number of benzene rings is 2. The average molecular weight is 437 g/mol. The van der Waals surface area contributed by atoms with Crippen LogP contribution in [0.25, 0.3) is 0 Å². The molecule has 2 aromatic rings. The lowest BCUT2D eigenvalue weighted by Crippen LogP contribution is -2.46. The molecule has 1 atom stereocenters. The molecule has 2 aromatic carbocycles. The van der Waals surface area contributed by atoms with Crippen LogP contribution in [0.15, 0.2) is 30.3 Å². The van der Waals surface area contributed by atoms with Gasteiger partial charge in [0.2, 0.25) is 0 Å². The summed E-state index contributed by atoms with van der Waals surface area (Å²) in [6.45, 7) is 5.78. The number of fused-ring (bicyclic) bond motifs is 2. The minimum Gasteiger partial charge on any atom is -0.495 e. The van der Waals surface area contributed by atoms with Crippen molar-refractivity contribution in [3.8, 4) is 17.2 Å². The van der Waals surface area contributed by atoms with E-state index in [-0.39, 0.29) is 11.7 Å². The van der Waals surface area contributed by atoms with Crippen LogP contribution < -0.4 is 19.1 Å². The maximum absolute atomic E-state index is 13.1. The van der Waals surface area contributed by atoms with Crippen LogP contribution in [0.1, 0.15) is 34.3 Å². The van der Waals surface area contributed by atoms with E-state index in [9.17, 15) is 4.79 Å². The number of hydrogen-bond acceptors (Lipinski definition) is 6. The van der Waals surface area contributed by atoms with Gasteiger partial charge in [-0.3, -0.25) is 9.69 Å². The molecule has 0 amide bonds. The van der Waals surface area contributed by atoms with E-state index in [2.05, 4.69) is 28.0 Å². The molecular weight excluding hydrogens is 404 g/mol. The molecule has 1 fully saturated rings. The Morgan fingerprint density at radius 2 is 1.91 bits per heavy atom. The number of carbonyl (C=O) groups excluding carboxylic acids is 1. The van der Waals surface area contributed by atoms with Crippen LogP contribution in [0.4, 0.5) is 5.69 Å². The summed E-state index contributed by atoms with van der Waals surface area (Å²) in [5.74, 6) is 2.93. The number of rotatable bonds is 7. The highest BCUT2D eigenvalue weighted by Crippen LogP contribution is 2.45. The third-order valence-electron chi connectivity index (χ3n) is 7.15. The third kappa shape index (κ3) is 3.81. The van der Waals surface area contributed by atoms with Crippen molar-refractivity contribution in [2.24, 2.45) is 5.92 Å². The van der Waals surface area contributed by atoms with Gasteiger partial charge >= 0.3 is 0 Å². The molecule has 5 rings (SSSR count). The first-order chi connectivity index (χ1) is 15.7. The molecular formula is C26H32N2O4. The van der Waals surface area contributed by atoms with Crippen LogP contribution in [0, 0.1) is 5.92 Å². The number of Topliss-reactive ketones (excluding diaryl/α,β-unsaturated/α-hetero) is 1. The second-order valence-electron chi connectivity index (χ2n) is 8.93. The number of para-hydroxylation sites is 2. The Hall–Kier alpha value is -2.73. The van der Waals surface area contributed by atoms with E-state index < -0.39 is 0 Å². The Labute approximate surface area is 190 Å². The number of nitrogens with zero attached hydrogens (tertiary/aromatic N) is 2. The van der Waals surface area contributed by atoms with Gasteiger partial charge in [0.25, 0.3) is 0 Å². The molecule has 2 aliphatic heterocycles. The van der Waals surface area contributed by atoms with E-state index >= 15 is 0 Å². The molecule has 0 radical (unpaired) electrons. The molecule has 1 saturated heterocycles. The fourth-order valence-electron chi connectivity index (χ4n) is 5.43. The van der Waals surface area contributed by atoms with Crippen molar-refractivity contribution >= 4 is 11.5 Å². The maximum atomic E-state index is 13.1. The topological polar surface area (TPSA) is 51.2 Å². The lowest BCUT2D eigenvalue weighted by atomic mass is 9.98. The van der Waals surface area contributed by atoms with E-state index in [0.29, 0.717) is 6.61 Å². The standard InChI is InChI=1S/C26H32N2O4/c1-30-23-8-4-3-7-22(23)28-13-11-27(12-14-28)10-5-6-18-16-21-20(24(18)29)17-19-9-15-32-25(19)26(21)31-2/h3-4,7-8,17-18H,5-6,9-16H2,1-2H3. The summed E-state index contributed by atoms with van der Waals surface area (Å²) in [7, 11) is 3.41. The zero-order valence-electron chi connectivity index (χ0n) is 19.1. The fourth-order valence-corrected chi connectivity index (χ4v) is 5.43. The Morgan fingerprint density at radius 1 is 1.09 bits per heavy atom. The number of ketones is 1. The van der Waals surface area contributed by atoms with Gasteiger partial charge in [0.1, 0.15) is 5.75 Å². The predicted octanol–water partition coefficient (Wildman–Crippen LogP) is 3.60. The van der Waals surface area contributed by atoms with Crippen LogP contribution in [0.2, 0.25) is 0 Å². The van der Waals surface area contributed by atoms with Crippen molar-refractivity contribution in [2.45, 2.75) is 25.7 Å². The number of piperazine rings is 1. The molecule has 2 heterocycles. The second-order valence-corrected chi connectivity index (χ2v) is 8.93. The van der Waals surface area contributed by atoms with Crippen molar-refractivity contribution in [3.63, 3.8) is 0 Å². The Morgan fingerprint density at radius 3 is 2.69 bits per heavy atom. The average Bonchev–Trinajstić information content (AvgIpc) is 3.42. The third-order valence-corrected chi connectivity index (χ3v) is 7.15. The van der Waals surface area contributed by atoms with Gasteiger partial charge in [-0.1, -0.05) is 12.1 Å². The van der Waals surface area contributed by atoms with E-state index in [0.717, 1.165) is 92.3 Å². The highest BCUT2D eigenvalue weighted by Gasteiger charge is 2.36. The molecule has 0 aromatic heterocycles. The highest BCUT2D eigenvalue weighted by molar-refractivity contribution is 6.03. The first-order valence-corrected chi connectivity index (χ1v) is 11.7. The first kappa shape index (κ1) is 21.1. The summed E-state index contributed by atoms with van der Waals surface area (Å²) in [6, 6.07) is 10.3. The molecule has 0 bridgehead atoms. The van der Waals surface area contributed by atoms with Gasteiger partial charge in [0.15, 0.2) is 17.3 Å². The van der Waals surface area contributed by atoms with Crippen molar-refractivity contribution < 1.29 is 19.0 Å². The van der Waals surface area contributed by atoms with Crippen molar-refractivity contribution in [1.29, 1.82) is 0 Å². The van der Waals surface area contributed by atoms with Crippen molar-refractivity contribution in [1.82, 2.24) is 4.90 Å². The van der Waals surface area contributed by atoms with Gasteiger partial charge in [0.05, 0.1) is 26.5 Å². The van der Waals surface area contributed by atoms with E-state index in [1.807, 2.05) is 12.1 Å². The summed E-state index contributed by atoms with van der Waals surface area (Å²) >= 11 is 0. The fraction of sp³-hybridized carbons (Fsp3) is 0.500. The van der Waals surface area contributed by atoms with Gasteiger partial charge in [-0.25, -0.2) is 0 Å². The molecule has 3 aliphatic rings. The summed E-state index contributed by atoms with van der Waals surface area (Å²) in [5.41, 5.74) is 4.20. The zero-order valence-corrected chi connectivity index (χ0v) is 19.1. The van der Waals surface area contributed by atoms with Gasteiger partial charge in [-0.05, 0) is 44.0 Å². The summed E-state index contributed by atoms with van der Waals surface area (Å²) in [6.07, 6.45) is 3.60. The van der Waals surface area contributed by atoms with Crippen LogP contribution in [-0.4, -0.2) is 64.2 Å². The van der Waals surface area contributed by atoms with Crippen molar-refractivity contribution in [2.75, 3.05) is 58.5 Å². The SMILES string of the molecule is COc1ccccc1N1CCN(CCCC2Cc3c(cc4c(c3OC)OCC4)C2=O)CC1. The molecule has 32 heavy (non-hydrogen) atoms. The normalized spacial score (nSPS) is 20.1. The summed E-state index contributed by atoms with van der Waals surface area (Å²) < 4.78 is 17.0. The van der Waals surface area contributed by atoms with Crippen LogP contribution in [0.3, 0.4) is 0 Å². The number of ether oxygens (including phenoxy) is 3. The quantitative estimate of drug-likeness (QED) is 0.661. The molecule has 6 nitrogen and oxygen atoms in total. The summed E-state index contributed by atoms with van der Waals surface area (Å²) in [5, 5.41) is 0. The molecule has 0 N–H and O–H groups in total. The van der Waals surface area contributed by atoms with E-state index in [1.165, 1.54) is 5.69 Å². The number of methoxy groups -OCH3 is 2. The minimum absolute atomic E-state index is 0.0660. The zero-order chi connectivity index (χ0) is 22.1. The van der Waals surface area contributed by atoms with E-state index in [1.54, 1.807) is 14.2 Å². The molecule has 1 unspecified atom stereocenters. The lowest BCUT2D eigenvalue weighted by Gasteiger charge is -2.36. The Kier molecular flexibility index (Phi) is 5.96. The molecule has 6 heteroatoms. The molecule has 0 spiro atoms. The second kappa shape index (κ2) is 9.02. The highest BCUT2D eigenvalue weighted by atomic mass is 16.5. The van der Waals surface area contributed by atoms with Crippen molar-refractivity contribution in [3.05, 3.63) is 47.0 Å². The smallest absolute Gasteiger partial charge is 0.166 e. The molecule has 1 aliphatic carbocycles. The number of carbonyl (C=O) groups is 1. The number of hydrogen-bond donors (Lipinski definition) is 0. The van der Waals surface area contributed by atoms with E-state index in [4.69, 9.17) is 14.2 Å². The van der Waals surface area contributed by atoms with Gasteiger partial charge < -0.3 is 19.1 Å². The lowest BCUT2D eigenvalue weighted by molar-refractivity contribution is 0.0926. The number of anilines is 1. The first-order valence-electron chi connectivity index (χ1n) is 11.7. The predicted molar refractivity (Wildman–Crippen MR) is 125 cm³/mol. The van der Waals surface area contributed by atoms with Gasteiger partial charge in [-0.2, -0.15) is 0 Å². The minimum atomic E-state index is 0.0660. The Bertz CT molecular complexity index is 998.